The van der Waals surface area contributed by atoms with Gasteiger partial charge in [-0.25, -0.2) is 0 Å². The molecule has 0 N–H and O–H groups in total. The molecule has 2 rings (SSSR count). The Labute approximate surface area is 161 Å². The number of hydrogen-bond donors (Lipinski definition) is 0. The highest BCUT2D eigenvalue weighted by Gasteiger charge is 2.35. The molecule has 1 aromatic carbocycles. The number of ketones is 1. The first-order valence-corrected chi connectivity index (χ1v) is 9.48. The maximum atomic E-state index is 13.7. The number of methoxy groups -OCH3 is 1. The molecule has 1 aromatic heterocycles. The van der Waals surface area contributed by atoms with Crippen molar-refractivity contribution in [3.05, 3.63) is 50.7 Å². The summed E-state index contributed by atoms with van der Waals surface area (Å²) in [4.78, 5) is 13.0. The van der Waals surface area contributed by atoms with Gasteiger partial charge in [0.15, 0.2) is 5.78 Å². The highest BCUT2D eigenvalue weighted by molar-refractivity contribution is 7.15. The summed E-state index contributed by atoms with van der Waals surface area (Å²) < 4.78 is 46.1. The van der Waals surface area contributed by atoms with Crippen molar-refractivity contribution in [1.82, 2.24) is 0 Å². The van der Waals surface area contributed by atoms with Gasteiger partial charge in [-0.2, -0.15) is 13.2 Å². The lowest BCUT2D eigenvalue weighted by Gasteiger charge is -2.20. The van der Waals surface area contributed by atoms with E-state index in [-0.39, 0.29) is 23.0 Å². The van der Waals surface area contributed by atoms with Crippen LogP contribution < -0.4 is 4.74 Å². The maximum absolute atomic E-state index is 13.7. The summed E-state index contributed by atoms with van der Waals surface area (Å²) in [5.41, 5.74) is 0.921. The highest BCUT2D eigenvalue weighted by atomic mass is 32.1. The number of benzene rings is 1. The molecule has 0 aliphatic carbocycles. The minimum Gasteiger partial charge on any atom is -0.497 e. The smallest absolute Gasteiger partial charge is 0.417 e. The minimum absolute atomic E-state index is 0.0479. The molecule has 0 aliphatic rings. The van der Waals surface area contributed by atoms with E-state index in [0.29, 0.717) is 16.9 Å². The summed E-state index contributed by atoms with van der Waals surface area (Å²) in [6.07, 6.45) is -2.01. The molecule has 2 aromatic rings. The van der Waals surface area contributed by atoms with Crippen molar-refractivity contribution in [3.8, 4) is 5.75 Å². The zero-order valence-electron chi connectivity index (χ0n) is 16.0. The Kier molecular flexibility index (Phi) is 6.52. The van der Waals surface area contributed by atoms with Crippen molar-refractivity contribution >= 4 is 28.8 Å². The Morgan fingerprint density at radius 3 is 2.44 bits per heavy atom. The van der Waals surface area contributed by atoms with Crippen LogP contribution in [-0.4, -0.2) is 12.9 Å². The van der Waals surface area contributed by atoms with Crippen LogP contribution in [0, 0.1) is 12.8 Å². The number of carbonyl (C=O) groups is 1. The molecule has 0 amide bonds. The van der Waals surface area contributed by atoms with Crippen LogP contribution in [0.1, 0.15) is 58.4 Å². The Bertz CT molecular complexity index is 863. The van der Waals surface area contributed by atoms with Crippen molar-refractivity contribution in [1.29, 1.82) is 0 Å². The summed E-state index contributed by atoms with van der Waals surface area (Å²) >= 11 is 1.31. The summed E-state index contributed by atoms with van der Waals surface area (Å²) in [7, 11) is 1.35. The first-order valence-electron chi connectivity index (χ1n) is 8.67. The number of alkyl halides is 3. The Morgan fingerprint density at radius 2 is 1.96 bits per heavy atom. The largest absolute Gasteiger partial charge is 0.497 e. The lowest BCUT2D eigenvalue weighted by molar-refractivity contribution is -0.137. The second-order valence-electron chi connectivity index (χ2n) is 6.53. The van der Waals surface area contributed by atoms with Gasteiger partial charge in [0.1, 0.15) is 5.75 Å². The molecular formula is C21H23F3O2S. The zero-order chi connectivity index (χ0) is 20.4. The average molecular weight is 396 g/mol. The number of rotatable bonds is 6. The van der Waals surface area contributed by atoms with Crippen molar-refractivity contribution in [2.75, 3.05) is 7.11 Å². The predicted molar refractivity (Wildman–Crippen MR) is 104 cm³/mol. The SMILES string of the molecule is CCC(C)/C(=C\c1sc(C(C)=O)cc1C)c1ccc(OC)cc1C(F)(F)F. The third-order valence-electron chi connectivity index (χ3n) is 4.58. The van der Waals surface area contributed by atoms with Gasteiger partial charge in [-0.15, -0.1) is 11.3 Å². The van der Waals surface area contributed by atoms with E-state index >= 15 is 0 Å². The first kappa shape index (κ1) is 21.2. The van der Waals surface area contributed by atoms with E-state index in [2.05, 4.69) is 0 Å². The predicted octanol–water partition coefficient (Wildman–Crippen LogP) is 6.87. The Morgan fingerprint density at radius 1 is 1.30 bits per heavy atom. The molecule has 0 saturated heterocycles. The fourth-order valence-electron chi connectivity index (χ4n) is 2.80. The molecule has 0 fully saturated rings. The lowest BCUT2D eigenvalue weighted by atomic mass is 9.88. The van der Waals surface area contributed by atoms with Crippen LogP contribution >= 0.6 is 11.3 Å². The highest BCUT2D eigenvalue weighted by Crippen LogP contribution is 2.41. The fraction of sp³-hybridized carbons (Fsp3) is 0.381. The van der Waals surface area contributed by atoms with E-state index in [4.69, 9.17) is 4.74 Å². The Balaban J connectivity index is 2.70. The maximum Gasteiger partial charge on any atom is 0.417 e. The number of allylic oxidation sites excluding steroid dienone is 1. The second-order valence-corrected chi connectivity index (χ2v) is 7.62. The fourth-order valence-corrected chi connectivity index (χ4v) is 3.82. The normalized spacial score (nSPS) is 13.6. The van der Waals surface area contributed by atoms with Gasteiger partial charge in [0, 0.05) is 4.88 Å². The number of aryl methyl sites for hydroxylation is 1. The zero-order valence-corrected chi connectivity index (χ0v) is 16.8. The summed E-state index contributed by atoms with van der Waals surface area (Å²) in [5.74, 6) is 0.0378. The number of hydrogen-bond acceptors (Lipinski definition) is 3. The van der Waals surface area contributed by atoms with Gasteiger partial charge in [-0.05, 0) is 67.2 Å². The molecule has 146 valence electrons. The van der Waals surface area contributed by atoms with Crippen LogP contribution in [0.3, 0.4) is 0 Å². The van der Waals surface area contributed by atoms with Gasteiger partial charge in [0.25, 0.3) is 0 Å². The van der Waals surface area contributed by atoms with Gasteiger partial charge in [0.05, 0.1) is 17.6 Å². The second kappa shape index (κ2) is 8.30. The van der Waals surface area contributed by atoms with Crippen LogP contribution in [0.2, 0.25) is 0 Å². The van der Waals surface area contributed by atoms with Crippen molar-refractivity contribution < 1.29 is 22.7 Å². The van der Waals surface area contributed by atoms with Crippen LogP contribution in [0.4, 0.5) is 13.2 Å². The molecule has 2 nitrogen and oxygen atoms in total. The quantitative estimate of drug-likeness (QED) is 0.498. The minimum atomic E-state index is -4.49. The molecule has 27 heavy (non-hydrogen) atoms. The topological polar surface area (TPSA) is 26.3 Å². The van der Waals surface area contributed by atoms with E-state index in [1.807, 2.05) is 20.8 Å². The summed E-state index contributed by atoms with van der Waals surface area (Å²) in [6.45, 7) is 7.20. The molecule has 0 saturated carbocycles. The van der Waals surface area contributed by atoms with Crippen molar-refractivity contribution in [2.45, 2.75) is 40.3 Å². The Hall–Kier alpha value is -2.08. The van der Waals surface area contributed by atoms with Gasteiger partial charge >= 0.3 is 6.18 Å². The van der Waals surface area contributed by atoms with Crippen LogP contribution in [0.5, 0.6) is 5.75 Å². The molecule has 0 spiro atoms. The molecule has 1 unspecified atom stereocenters. The average Bonchev–Trinajstić information content (AvgIpc) is 2.98. The van der Waals surface area contributed by atoms with Crippen molar-refractivity contribution in [2.24, 2.45) is 5.92 Å². The van der Waals surface area contributed by atoms with E-state index in [1.165, 1.54) is 31.4 Å². The lowest BCUT2D eigenvalue weighted by Crippen LogP contribution is -2.11. The summed E-state index contributed by atoms with van der Waals surface area (Å²) in [5, 5.41) is 0. The number of halogens is 3. The number of ether oxygens (including phenoxy) is 1. The van der Waals surface area contributed by atoms with Crippen molar-refractivity contribution in [3.63, 3.8) is 0 Å². The monoisotopic (exact) mass is 396 g/mol. The van der Waals surface area contributed by atoms with Crippen LogP contribution in [-0.2, 0) is 6.18 Å². The third-order valence-corrected chi connectivity index (χ3v) is 5.86. The summed E-state index contributed by atoms with van der Waals surface area (Å²) in [6, 6.07) is 5.83. The van der Waals surface area contributed by atoms with Gasteiger partial charge in [-0.1, -0.05) is 19.9 Å². The molecular weight excluding hydrogens is 373 g/mol. The number of Topliss-reactive ketones (excluding diaryl/α,β-unsaturated/α-hetero) is 1. The standard InChI is InChI=1S/C21H23F3O2S/c1-6-12(2)17(11-19-13(3)9-20(27-19)14(4)25)16-8-7-15(26-5)10-18(16)21(22,23)24/h7-12H,6H2,1-5H3/b17-11+. The van der Waals surface area contributed by atoms with E-state index in [9.17, 15) is 18.0 Å². The van der Waals surface area contributed by atoms with Gasteiger partial charge in [-0.3, -0.25) is 4.79 Å². The van der Waals surface area contributed by atoms with Gasteiger partial charge < -0.3 is 4.74 Å². The molecule has 0 radical (unpaired) electrons. The van der Waals surface area contributed by atoms with Crippen LogP contribution in [0.25, 0.3) is 11.6 Å². The number of thiophene rings is 1. The van der Waals surface area contributed by atoms with Gasteiger partial charge in [0.2, 0.25) is 0 Å². The van der Waals surface area contributed by atoms with E-state index in [1.54, 1.807) is 18.2 Å². The molecule has 0 bridgehead atoms. The number of carbonyl (C=O) groups excluding carboxylic acids is 1. The molecule has 6 heteroatoms. The first-order chi connectivity index (χ1) is 12.6. The van der Waals surface area contributed by atoms with Crippen LogP contribution in [0.15, 0.2) is 24.3 Å². The molecule has 1 heterocycles. The third kappa shape index (κ3) is 4.80. The van der Waals surface area contributed by atoms with E-state index < -0.39 is 11.7 Å². The van der Waals surface area contributed by atoms with E-state index in [0.717, 1.165) is 16.5 Å². The molecule has 0 aliphatic heterocycles. The molecule has 1 atom stereocenters.